The van der Waals surface area contributed by atoms with Gasteiger partial charge in [0.2, 0.25) is 0 Å². The lowest BCUT2D eigenvalue weighted by Gasteiger charge is -2.17. The van der Waals surface area contributed by atoms with Gasteiger partial charge in [-0.05, 0) is 43.0 Å². The monoisotopic (exact) mass is 314 g/mol. The van der Waals surface area contributed by atoms with E-state index in [1.807, 2.05) is 0 Å². The Hall–Kier alpha value is -2.50. The van der Waals surface area contributed by atoms with Crippen LogP contribution in [-0.4, -0.2) is 20.7 Å². The third-order valence-electron chi connectivity index (χ3n) is 3.99. The highest BCUT2D eigenvalue weighted by atomic mass is 19.1. The lowest BCUT2D eigenvalue weighted by atomic mass is 9.89. The van der Waals surface area contributed by atoms with Crippen molar-refractivity contribution in [1.82, 2.24) is 14.8 Å². The summed E-state index contributed by atoms with van der Waals surface area (Å²) in [6.45, 7) is 0. The molecule has 0 aliphatic heterocycles. The first kappa shape index (κ1) is 15.4. The minimum Gasteiger partial charge on any atom is -0.319 e. The van der Waals surface area contributed by atoms with Crippen molar-refractivity contribution >= 4 is 11.6 Å². The number of carbonyl (C=O) groups excluding carboxylic acids is 1. The van der Waals surface area contributed by atoms with E-state index < -0.39 is 11.7 Å². The normalized spacial score (nSPS) is 16.3. The Bertz CT molecular complexity index is 673. The number of amides is 1. The summed E-state index contributed by atoms with van der Waals surface area (Å²) in [5, 5.41) is 6.60. The minimum absolute atomic E-state index is 0.176. The number of hydrogen-bond acceptors (Lipinski definition) is 3. The van der Waals surface area contributed by atoms with E-state index in [1.165, 1.54) is 18.7 Å². The molecule has 0 aromatic carbocycles. The lowest BCUT2D eigenvalue weighted by molar-refractivity contribution is -0.114. The van der Waals surface area contributed by atoms with E-state index in [0.29, 0.717) is 11.5 Å². The fourth-order valence-electron chi connectivity index (χ4n) is 2.77. The largest absolute Gasteiger partial charge is 0.319 e. The van der Waals surface area contributed by atoms with Gasteiger partial charge in [0.25, 0.3) is 5.91 Å². The fourth-order valence-corrected chi connectivity index (χ4v) is 2.77. The number of anilines is 1. The molecule has 0 saturated heterocycles. The van der Waals surface area contributed by atoms with E-state index in [2.05, 4.69) is 15.4 Å². The molecule has 0 atom stereocenters. The van der Waals surface area contributed by atoms with Gasteiger partial charge in [-0.1, -0.05) is 19.3 Å². The summed E-state index contributed by atoms with van der Waals surface area (Å²) in [7, 11) is 0. The first-order chi connectivity index (χ1) is 11.2. The number of nitrogens with zero attached hydrogens (tertiary/aromatic N) is 3. The summed E-state index contributed by atoms with van der Waals surface area (Å²) in [6, 6.07) is 5.18. The molecule has 1 fully saturated rings. The molecule has 120 valence electrons. The molecule has 2 heterocycles. The molecule has 0 unspecified atom stereocenters. The number of allylic oxidation sites excluding steroid dienone is 1. The summed E-state index contributed by atoms with van der Waals surface area (Å²) in [4.78, 5) is 16.1. The average Bonchev–Trinajstić information content (AvgIpc) is 3.11. The van der Waals surface area contributed by atoms with Crippen LogP contribution >= 0.6 is 0 Å². The molecule has 0 spiro atoms. The average molecular weight is 314 g/mol. The van der Waals surface area contributed by atoms with Crippen molar-refractivity contribution in [3.8, 4) is 5.82 Å². The van der Waals surface area contributed by atoms with Crippen LogP contribution in [0.25, 0.3) is 5.82 Å². The summed E-state index contributed by atoms with van der Waals surface area (Å²) in [6.07, 6.45) is 11.7. The smallest absolute Gasteiger partial charge is 0.284 e. The van der Waals surface area contributed by atoms with Crippen molar-refractivity contribution in [2.45, 2.75) is 32.1 Å². The third kappa shape index (κ3) is 4.03. The number of rotatable bonds is 4. The Morgan fingerprint density at radius 1 is 1.30 bits per heavy atom. The van der Waals surface area contributed by atoms with Crippen LogP contribution in [0, 0.1) is 5.92 Å². The molecule has 2 aromatic heterocycles. The van der Waals surface area contributed by atoms with Crippen LogP contribution in [0.3, 0.4) is 0 Å². The van der Waals surface area contributed by atoms with Gasteiger partial charge in [0.15, 0.2) is 11.6 Å². The summed E-state index contributed by atoms with van der Waals surface area (Å²) < 4.78 is 15.6. The molecule has 6 heteroatoms. The number of hydrogen-bond donors (Lipinski definition) is 1. The van der Waals surface area contributed by atoms with Crippen LogP contribution in [0.1, 0.15) is 32.1 Å². The lowest BCUT2D eigenvalue weighted by Crippen LogP contribution is -2.14. The zero-order chi connectivity index (χ0) is 16.1. The highest BCUT2D eigenvalue weighted by Gasteiger charge is 2.16. The molecular formula is C17H19FN4O. The van der Waals surface area contributed by atoms with Crippen LogP contribution in [-0.2, 0) is 4.79 Å². The molecule has 23 heavy (non-hydrogen) atoms. The molecular weight excluding hydrogens is 295 g/mol. The number of halogens is 1. The van der Waals surface area contributed by atoms with Gasteiger partial charge in [0.05, 0.1) is 11.9 Å². The van der Waals surface area contributed by atoms with Gasteiger partial charge in [-0.25, -0.2) is 14.1 Å². The number of carbonyl (C=O) groups is 1. The maximum absolute atomic E-state index is 14.0. The Balaban J connectivity index is 1.62. The molecule has 1 saturated carbocycles. The second kappa shape index (κ2) is 7.17. The van der Waals surface area contributed by atoms with E-state index in [-0.39, 0.29) is 5.92 Å². The van der Waals surface area contributed by atoms with Gasteiger partial charge in [0.1, 0.15) is 0 Å². The highest BCUT2D eigenvalue weighted by Crippen LogP contribution is 2.26. The quantitative estimate of drug-likeness (QED) is 0.877. The Kier molecular flexibility index (Phi) is 4.80. The van der Waals surface area contributed by atoms with Gasteiger partial charge in [-0.2, -0.15) is 5.10 Å². The topological polar surface area (TPSA) is 59.8 Å². The Morgan fingerprint density at radius 3 is 2.78 bits per heavy atom. The molecule has 2 aromatic rings. The van der Waals surface area contributed by atoms with Crippen LogP contribution in [0.15, 0.2) is 48.7 Å². The van der Waals surface area contributed by atoms with Crippen molar-refractivity contribution < 1.29 is 9.18 Å². The summed E-state index contributed by atoms with van der Waals surface area (Å²) >= 11 is 0. The van der Waals surface area contributed by atoms with Crippen molar-refractivity contribution in [3.63, 3.8) is 0 Å². The van der Waals surface area contributed by atoms with Gasteiger partial charge in [0, 0.05) is 12.4 Å². The first-order valence-corrected chi connectivity index (χ1v) is 7.87. The van der Waals surface area contributed by atoms with Gasteiger partial charge in [-0.15, -0.1) is 0 Å². The molecule has 1 N–H and O–H groups in total. The number of aromatic nitrogens is 3. The Morgan fingerprint density at radius 2 is 2.13 bits per heavy atom. The molecule has 0 radical (unpaired) electrons. The standard InChI is InChI=1S/C17H19FN4O/c18-15(11-13-5-2-1-3-6-13)17(23)21-14-7-8-16(19-12-14)22-10-4-9-20-22/h4,7-13H,1-3,5-6H2,(H,21,23)/b15-11-. The third-order valence-corrected chi connectivity index (χ3v) is 3.99. The number of nitrogens with one attached hydrogen (secondary N) is 1. The van der Waals surface area contributed by atoms with E-state index in [1.54, 1.807) is 35.3 Å². The molecule has 1 aliphatic carbocycles. The summed E-state index contributed by atoms with van der Waals surface area (Å²) in [5.41, 5.74) is 0.457. The van der Waals surface area contributed by atoms with E-state index in [4.69, 9.17) is 0 Å². The Labute approximate surface area is 134 Å². The van der Waals surface area contributed by atoms with Gasteiger partial charge in [-0.3, -0.25) is 4.79 Å². The molecule has 0 bridgehead atoms. The molecule has 1 aliphatic rings. The van der Waals surface area contributed by atoms with Crippen LogP contribution in [0.4, 0.5) is 10.1 Å². The zero-order valence-corrected chi connectivity index (χ0v) is 12.8. The van der Waals surface area contributed by atoms with E-state index >= 15 is 0 Å². The second-order valence-electron chi connectivity index (χ2n) is 5.72. The maximum atomic E-state index is 14.0. The molecule has 5 nitrogen and oxygen atoms in total. The van der Waals surface area contributed by atoms with Crippen LogP contribution < -0.4 is 5.32 Å². The van der Waals surface area contributed by atoms with Gasteiger partial charge < -0.3 is 5.32 Å². The second-order valence-corrected chi connectivity index (χ2v) is 5.72. The first-order valence-electron chi connectivity index (χ1n) is 7.87. The fraction of sp³-hybridized carbons (Fsp3) is 0.353. The molecule has 3 rings (SSSR count). The SMILES string of the molecule is O=C(Nc1ccc(-n2cccn2)nc1)/C(F)=C/C1CCCCC1. The van der Waals surface area contributed by atoms with Crippen LogP contribution in [0.2, 0.25) is 0 Å². The van der Waals surface area contributed by atoms with Crippen molar-refractivity contribution in [2.75, 3.05) is 5.32 Å². The maximum Gasteiger partial charge on any atom is 0.284 e. The van der Waals surface area contributed by atoms with Crippen molar-refractivity contribution in [2.24, 2.45) is 5.92 Å². The molecule has 1 amide bonds. The van der Waals surface area contributed by atoms with E-state index in [9.17, 15) is 9.18 Å². The predicted molar refractivity (Wildman–Crippen MR) is 85.8 cm³/mol. The van der Waals surface area contributed by atoms with Crippen molar-refractivity contribution in [3.05, 3.63) is 48.7 Å². The van der Waals surface area contributed by atoms with Gasteiger partial charge >= 0.3 is 0 Å². The van der Waals surface area contributed by atoms with E-state index in [0.717, 1.165) is 25.7 Å². The number of pyridine rings is 1. The van der Waals surface area contributed by atoms with Crippen molar-refractivity contribution in [1.29, 1.82) is 0 Å². The highest BCUT2D eigenvalue weighted by molar-refractivity contribution is 6.01. The zero-order valence-electron chi connectivity index (χ0n) is 12.8. The summed E-state index contributed by atoms with van der Waals surface area (Å²) in [5.74, 6) is -0.627. The minimum atomic E-state index is -0.718. The van der Waals surface area contributed by atoms with Crippen LogP contribution in [0.5, 0.6) is 0 Å². The predicted octanol–water partition coefficient (Wildman–Crippen LogP) is 3.64.